The maximum Gasteiger partial charge on any atom is 0.316 e. The molecular formula is C17H21N3O4S. The number of aliphatic carboxylic acids is 1. The van der Waals surface area contributed by atoms with Gasteiger partial charge in [-0.2, -0.15) is 0 Å². The lowest BCUT2D eigenvalue weighted by atomic mass is 10.3. The highest BCUT2D eigenvalue weighted by molar-refractivity contribution is 8.01. The van der Waals surface area contributed by atoms with Gasteiger partial charge in [0.05, 0.1) is 16.6 Å². The molecule has 1 aromatic heterocycles. The van der Waals surface area contributed by atoms with Crippen LogP contribution in [0.25, 0.3) is 5.69 Å². The molecule has 0 unspecified atom stereocenters. The van der Waals surface area contributed by atoms with Crippen molar-refractivity contribution in [2.45, 2.75) is 31.3 Å². The van der Waals surface area contributed by atoms with Gasteiger partial charge in [0.25, 0.3) is 5.56 Å². The highest BCUT2D eigenvalue weighted by Gasteiger charge is 2.24. The summed E-state index contributed by atoms with van der Waals surface area (Å²) in [6, 6.07) is 9.12. The van der Waals surface area contributed by atoms with Crippen LogP contribution < -0.4 is 10.9 Å². The number of rotatable bonds is 6. The molecule has 0 bridgehead atoms. The van der Waals surface area contributed by atoms with Crippen molar-refractivity contribution in [3.8, 4) is 5.69 Å². The number of hydrogen-bond acceptors (Lipinski definition) is 4. The van der Waals surface area contributed by atoms with E-state index in [1.54, 1.807) is 37.7 Å². The highest BCUT2D eigenvalue weighted by Crippen LogP contribution is 2.20. The third kappa shape index (κ3) is 3.96. The van der Waals surface area contributed by atoms with E-state index in [9.17, 15) is 14.4 Å². The summed E-state index contributed by atoms with van der Waals surface area (Å²) in [5.41, 5.74) is 1.18. The minimum absolute atomic E-state index is 0.201. The van der Waals surface area contributed by atoms with Gasteiger partial charge >= 0.3 is 5.97 Å². The minimum atomic E-state index is -0.980. The average molecular weight is 363 g/mol. The topological polar surface area (TPSA) is 93.3 Å². The zero-order chi connectivity index (χ0) is 18.7. The van der Waals surface area contributed by atoms with Gasteiger partial charge in [-0.05, 0) is 32.9 Å². The van der Waals surface area contributed by atoms with Gasteiger partial charge < -0.3 is 10.4 Å². The Morgan fingerprint density at radius 3 is 2.32 bits per heavy atom. The number of thioether (sulfide) groups is 1. The number of para-hydroxylation sites is 1. The second kappa shape index (κ2) is 7.60. The van der Waals surface area contributed by atoms with Crippen molar-refractivity contribution in [3.63, 3.8) is 0 Å². The summed E-state index contributed by atoms with van der Waals surface area (Å²) >= 11 is 1.03. The number of carboxylic acid groups (broad SMARTS) is 1. The van der Waals surface area contributed by atoms with Gasteiger partial charge in [-0.15, -0.1) is 11.8 Å². The van der Waals surface area contributed by atoms with Crippen molar-refractivity contribution in [1.29, 1.82) is 0 Å². The fourth-order valence-electron chi connectivity index (χ4n) is 2.36. The molecule has 7 nitrogen and oxygen atoms in total. The highest BCUT2D eigenvalue weighted by atomic mass is 32.2. The van der Waals surface area contributed by atoms with E-state index in [-0.39, 0.29) is 11.2 Å². The van der Waals surface area contributed by atoms with Crippen LogP contribution in [0, 0.1) is 6.92 Å². The van der Waals surface area contributed by atoms with Gasteiger partial charge in [-0.3, -0.25) is 19.1 Å². The lowest BCUT2D eigenvalue weighted by molar-refractivity contribution is -0.136. The van der Waals surface area contributed by atoms with Gasteiger partial charge in [0.1, 0.15) is 10.9 Å². The normalized spacial score (nSPS) is 13.3. The van der Waals surface area contributed by atoms with Crippen LogP contribution in [0.4, 0.5) is 5.69 Å². The molecule has 8 heteroatoms. The van der Waals surface area contributed by atoms with Crippen molar-refractivity contribution in [2.75, 3.05) is 5.32 Å². The quantitative estimate of drug-likeness (QED) is 0.819. The zero-order valence-electron chi connectivity index (χ0n) is 14.5. The standard InChI is InChI=1S/C17H21N3O4S/c1-10-14(18-15(21)11(2)25-12(3)17(23)24)16(22)20(19(10)4)13-8-6-5-7-9-13/h5-9,11-12H,1-4H3,(H,18,21)(H,23,24)/t11-,12-/m1/s1. The van der Waals surface area contributed by atoms with Crippen molar-refractivity contribution >= 4 is 29.3 Å². The molecule has 0 aliphatic carbocycles. The van der Waals surface area contributed by atoms with Crippen molar-refractivity contribution < 1.29 is 14.7 Å². The predicted molar refractivity (Wildman–Crippen MR) is 98.5 cm³/mol. The Kier molecular flexibility index (Phi) is 5.73. The van der Waals surface area contributed by atoms with E-state index < -0.39 is 22.4 Å². The molecule has 1 aromatic carbocycles. The molecule has 0 saturated carbocycles. The Morgan fingerprint density at radius 1 is 1.16 bits per heavy atom. The molecule has 0 spiro atoms. The monoisotopic (exact) mass is 363 g/mol. The fourth-order valence-corrected chi connectivity index (χ4v) is 3.27. The number of carboxylic acids is 1. The Hall–Kier alpha value is -2.48. The summed E-state index contributed by atoms with van der Waals surface area (Å²) in [6.45, 7) is 4.88. The van der Waals surface area contributed by atoms with Gasteiger partial charge in [0.2, 0.25) is 5.91 Å². The van der Waals surface area contributed by atoms with Crippen molar-refractivity contribution in [3.05, 3.63) is 46.4 Å². The molecule has 25 heavy (non-hydrogen) atoms. The van der Waals surface area contributed by atoms with Gasteiger partial charge in [-0.1, -0.05) is 18.2 Å². The third-order valence-electron chi connectivity index (χ3n) is 3.93. The SMILES string of the molecule is Cc1c(NC(=O)[C@@H](C)S[C@H](C)C(=O)O)c(=O)n(-c2ccccc2)n1C. The number of aromatic nitrogens is 2. The first-order chi connectivity index (χ1) is 11.7. The summed E-state index contributed by atoms with van der Waals surface area (Å²) in [6.07, 6.45) is 0. The maximum atomic E-state index is 12.7. The Morgan fingerprint density at radius 2 is 1.76 bits per heavy atom. The molecule has 2 N–H and O–H groups in total. The summed E-state index contributed by atoms with van der Waals surface area (Å²) in [4.78, 5) is 36.0. The van der Waals surface area contributed by atoms with E-state index in [0.29, 0.717) is 11.4 Å². The van der Waals surface area contributed by atoms with Gasteiger partial charge in [0.15, 0.2) is 0 Å². The summed E-state index contributed by atoms with van der Waals surface area (Å²) in [5, 5.41) is 10.3. The molecule has 2 atom stereocenters. The van der Waals surface area contributed by atoms with Crippen LogP contribution in [0.3, 0.4) is 0 Å². The largest absolute Gasteiger partial charge is 0.480 e. The molecule has 134 valence electrons. The summed E-state index contributed by atoms with van der Waals surface area (Å²) in [7, 11) is 1.74. The molecule has 0 radical (unpaired) electrons. The molecule has 1 amide bonds. The van der Waals surface area contributed by atoms with E-state index in [2.05, 4.69) is 5.32 Å². The lowest BCUT2D eigenvalue weighted by Crippen LogP contribution is -2.29. The van der Waals surface area contributed by atoms with Crippen LogP contribution in [-0.2, 0) is 16.6 Å². The van der Waals surface area contributed by atoms with Crippen LogP contribution in [0.5, 0.6) is 0 Å². The van der Waals surface area contributed by atoms with Crippen molar-refractivity contribution in [1.82, 2.24) is 9.36 Å². The second-order valence-corrected chi connectivity index (χ2v) is 7.37. The van der Waals surface area contributed by atoms with E-state index in [1.807, 2.05) is 18.2 Å². The maximum absolute atomic E-state index is 12.7. The average Bonchev–Trinajstić information content (AvgIpc) is 2.78. The molecule has 0 aliphatic heterocycles. The Balaban J connectivity index is 2.28. The number of nitrogens with one attached hydrogen (secondary N) is 1. The van der Waals surface area contributed by atoms with E-state index in [1.165, 1.54) is 11.6 Å². The van der Waals surface area contributed by atoms with Gasteiger partial charge in [-0.25, -0.2) is 4.68 Å². The number of hydrogen-bond donors (Lipinski definition) is 2. The van der Waals surface area contributed by atoms with Gasteiger partial charge in [0, 0.05) is 7.05 Å². The van der Waals surface area contributed by atoms with Crippen LogP contribution in [0.15, 0.2) is 35.1 Å². The molecular weight excluding hydrogens is 342 g/mol. The number of carbonyl (C=O) groups is 2. The molecule has 0 saturated heterocycles. The lowest BCUT2D eigenvalue weighted by Gasteiger charge is -2.13. The molecule has 0 fully saturated rings. The Labute approximate surface area is 149 Å². The summed E-state index contributed by atoms with van der Waals surface area (Å²) < 4.78 is 3.15. The first kappa shape index (κ1) is 18.9. The minimum Gasteiger partial charge on any atom is -0.480 e. The summed E-state index contributed by atoms with van der Waals surface area (Å²) in [5.74, 6) is -1.38. The second-order valence-electron chi connectivity index (χ2n) is 5.68. The fraction of sp³-hybridized carbons (Fsp3) is 0.353. The Bertz CT molecular complexity index is 842. The number of carbonyl (C=O) groups excluding carboxylic acids is 1. The van der Waals surface area contributed by atoms with Crippen LogP contribution in [-0.4, -0.2) is 36.8 Å². The van der Waals surface area contributed by atoms with E-state index in [4.69, 9.17) is 5.11 Å². The molecule has 0 aliphatic rings. The number of nitrogens with zero attached hydrogens (tertiary/aromatic N) is 2. The number of benzene rings is 1. The first-order valence-electron chi connectivity index (χ1n) is 7.77. The first-order valence-corrected chi connectivity index (χ1v) is 8.71. The molecule has 2 aromatic rings. The van der Waals surface area contributed by atoms with Crippen LogP contribution in [0.2, 0.25) is 0 Å². The molecule has 2 rings (SSSR count). The van der Waals surface area contributed by atoms with E-state index in [0.717, 1.165) is 11.8 Å². The van der Waals surface area contributed by atoms with E-state index >= 15 is 0 Å². The third-order valence-corrected chi connectivity index (χ3v) is 5.16. The number of anilines is 1. The predicted octanol–water partition coefficient (Wildman–Crippen LogP) is 2.02. The van der Waals surface area contributed by atoms with Crippen LogP contribution >= 0.6 is 11.8 Å². The zero-order valence-corrected chi connectivity index (χ0v) is 15.3. The molecule has 1 heterocycles. The smallest absolute Gasteiger partial charge is 0.316 e. The van der Waals surface area contributed by atoms with Crippen LogP contribution in [0.1, 0.15) is 19.5 Å². The van der Waals surface area contributed by atoms with Crippen molar-refractivity contribution in [2.24, 2.45) is 7.05 Å². The number of amides is 1.